The third-order valence-electron chi connectivity index (χ3n) is 4.04. The van der Waals surface area contributed by atoms with E-state index in [-0.39, 0.29) is 17.1 Å². The predicted octanol–water partition coefficient (Wildman–Crippen LogP) is 5.39. The minimum atomic E-state index is 0.0565. The van der Waals surface area contributed by atoms with Gasteiger partial charge < -0.3 is 0 Å². The topological polar surface area (TPSA) is 17.1 Å². The molecule has 1 atom stereocenters. The van der Waals surface area contributed by atoms with E-state index in [9.17, 15) is 4.79 Å². The lowest BCUT2D eigenvalue weighted by atomic mass is 9.66. The first-order valence-corrected chi connectivity index (χ1v) is 7.17. The van der Waals surface area contributed by atoms with Gasteiger partial charge in [0.1, 0.15) is 0 Å². The highest BCUT2D eigenvalue weighted by molar-refractivity contribution is 6.44. The van der Waals surface area contributed by atoms with Crippen LogP contribution in [0.5, 0.6) is 0 Å². The van der Waals surface area contributed by atoms with Crippen molar-refractivity contribution in [3.05, 3.63) is 33.8 Å². The molecule has 1 nitrogen and oxygen atoms in total. The summed E-state index contributed by atoms with van der Waals surface area (Å²) >= 11 is 12.1. The zero-order chi connectivity index (χ0) is 13.3. The van der Waals surface area contributed by atoms with E-state index in [2.05, 4.69) is 13.8 Å². The second-order valence-corrected chi connectivity index (χ2v) is 6.54. The Morgan fingerprint density at radius 3 is 2.67 bits per heavy atom. The molecular formula is C15H18Cl2O. The standard InChI is InChI=1S/C15H18Cl2O/c1-15(2)9-4-3-7-11(15)14(18)10-6-5-8-12(16)13(10)17/h5-6,8,11H,3-4,7,9H2,1-2H3. The van der Waals surface area contributed by atoms with E-state index in [1.807, 2.05) is 0 Å². The molecule has 1 aromatic rings. The summed E-state index contributed by atoms with van der Waals surface area (Å²) in [5, 5.41) is 0.849. The van der Waals surface area contributed by atoms with Gasteiger partial charge in [0, 0.05) is 11.5 Å². The molecule has 3 heteroatoms. The Balaban J connectivity index is 2.33. The molecule has 1 saturated carbocycles. The van der Waals surface area contributed by atoms with Crippen molar-refractivity contribution < 1.29 is 4.79 Å². The average molecular weight is 285 g/mol. The highest BCUT2D eigenvalue weighted by atomic mass is 35.5. The molecule has 0 aromatic heterocycles. The molecule has 0 heterocycles. The Morgan fingerprint density at radius 1 is 1.28 bits per heavy atom. The van der Waals surface area contributed by atoms with Gasteiger partial charge in [-0.2, -0.15) is 0 Å². The number of ketones is 1. The first-order chi connectivity index (χ1) is 8.43. The molecule has 0 N–H and O–H groups in total. The molecule has 0 radical (unpaired) electrons. The Morgan fingerprint density at radius 2 is 2.00 bits per heavy atom. The summed E-state index contributed by atoms with van der Waals surface area (Å²) in [6, 6.07) is 5.28. The van der Waals surface area contributed by atoms with Crippen LogP contribution in [0.15, 0.2) is 18.2 Å². The number of hydrogen-bond donors (Lipinski definition) is 0. The quantitative estimate of drug-likeness (QED) is 0.665. The van der Waals surface area contributed by atoms with E-state index < -0.39 is 0 Å². The predicted molar refractivity (Wildman–Crippen MR) is 76.5 cm³/mol. The van der Waals surface area contributed by atoms with Crippen LogP contribution in [0, 0.1) is 11.3 Å². The van der Waals surface area contributed by atoms with Crippen molar-refractivity contribution in [2.75, 3.05) is 0 Å². The fraction of sp³-hybridized carbons (Fsp3) is 0.533. The molecule has 1 aliphatic carbocycles. The van der Waals surface area contributed by atoms with Crippen molar-refractivity contribution in [3.8, 4) is 0 Å². The Kier molecular flexibility index (Phi) is 4.03. The number of carbonyl (C=O) groups excluding carboxylic acids is 1. The van der Waals surface area contributed by atoms with Crippen LogP contribution in [0.2, 0.25) is 10.0 Å². The van der Waals surface area contributed by atoms with Gasteiger partial charge in [-0.25, -0.2) is 0 Å². The van der Waals surface area contributed by atoms with Gasteiger partial charge in [0.05, 0.1) is 10.0 Å². The van der Waals surface area contributed by atoms with Crippen molar-refractivity contribution in [1.82, 2.24) is 0 Å². The summed E-state index contributed by atoms with van der Waals surface area (Å²) in [6.45, 7) is 4.35. The van der Waals surface area contributed by atoms with Crippen molar-refractivity contribution >= 4 is 29.0 Å². The van der Waals surface area contributed by atoms with Crippen LogP contribution in [-0.4, -0.2) is 5.78 Å². The Bertz CT molecular complexity index is 466. The molecule has 1 unspecified atom stereocenters. The second kappa shape index (κ2) is 5.22. The normalized spacial score (nSPS) is 22.8. The monoisotopic (exact) mass is 284 g/mol. The van der Waals surface area contributed by atoms with Gasteiger partial charge in [-0.15, -0.1) is 0 Å². The van der Waals surface area contributed by atoms with Gasteiger partial charge >= 0.3 is 0 Å². The van der Waals surface area contributed by atoms with Crippen LogP contribution >= 0.6 is 23.2 Å². The van der Waals surface area contributed by atoms with Gasteiger partial charge in [-0.1, -0.05) is 56.0 Å². The highest BCUT2D eigenvalue weighted by Crippen LogP contribution is 2.43. The molecule has 1 fully saturated rings. The van der Waals surface area contributed by atoms with Crippen molar-refractivity contribution in [2.45, 2.75) is 39.5 Å². The number of benzene rings is 1. The minimum absolute atomic E-state index is 0.0565. The number of rotatable bonds is 2. The number of Topliss-reactive ketones (excluding diaryl/α,β-unsaturated/α-hetero) is 1. The summed E-state index contributed by atoms with van der Waals surface area (Å²) in [6.07, 6.45) is 4.38. The molecule has 0 spiro atoms. The summed E-state index contributed by atoms with van der Waals surface area (Å²) in [5.41, 5.74) is 0.630. The lowest BCUT2D eigenvalue weighted by molar-refractivity contribution is 0.0697. The largest absolute Gasteiger partial charge is 0.294 e. The maximum Gasteiger partial charge on any atom is 0.168 e. The first-order valence-electron chi connectivity index (χ1n) is 6.42. The molecule has 98 valence electrons. The van der Waals surface area contributed by atoms with E-state index in [0.717, 1.165) is 19.3 Å². The summed E-state index contributed by atoms with van der Waals surface area (Å²) in [7, 11) is 0. The fourth-order valence-corrected chi connectivity index (χ4v) is 3.26. The first kappa shape index (κ1) is 13.9. The van der Waals surface area contributed by atoms with Crippen LogP contribution in [0.3, 0.4) is 0 Å². The Labute approximate surface area is 118 Å². The second-order valence-electron chi connectivity index (χ2n) is 5.75. The number of carbonyl (C=O) groups is 1. The molecular weight excluding hydrogens is 267 g/mol. The maximum atomic E-state index is 12.6. The van der Waals surface area contributed by atoms with Crippen molar-refractivity contribution in [1.29, 1.82) is 0 Å². The number of halogens is 2. The summed E-state index contributed by atoms with van der Waals surface area (Å²) < 4.78 is 0. The molecule has 0 saturated heterocycles. The van der Waals surface area contributed by atoms with Crippen molar-refractivity contribution in [2.24, 2.45) is 11.3 Å². The van der Waals surface area contributed by atoms with Gasteiger partial charge in [0.25, 0.3) is 0 Å². The van der Waals surface area contributed by atoms with E-state index in [4.69, 9.17) is 23.2 Å². The van der Waals surface area contributed by atoms with Gasteiger partial charge in [0.2, 0.25) is 0 Å². The highest BCUT2D eigenvalue weighted by Gasteiger charge is 2.38. The van der Waals surface area contributed by atoms with E-state index in [0.29, 0.717) is 15.6 Å². The van der Waals surface area contributed by atoms with Crippen LogP contribution < -0.4 is 0 Å². The lowest BCUT2D eigenvalue weighted by Crippen LogP contribution is -2.34. The van der Waals surface area contributed by atoms with Gasteiger partial charge in [-0.3, -0.25) is 4.79 Å². The molecule has 1 aromatic carbocycles. The summed E-state index contributed by atoms with van der Waals surface area (Å²) in [5.74, 6) is 0.203. The van der Waals surface area contributed by atoms with Crippen LogP contribution in [0.25, 0.3) is 0 Å². The third-order valence-corrected chi connectivity index (χ3v) is 4.86. The molecule has 18 heavy (non-hydrogen) atoms. The maximum absolute atomic E-state index is 12.6. The molecule has 0 aliphatic heterocycles. The van der Waals surface area contributed by atoms with Crippen LogP contribution in [0.4, 0.5) is 0 Å². The average Bonchev–Trinajstić information content (AvgIpc) is 2.31. The molecule has 0 amide bonds. The van der Waals surface area contributed by atoms with Crippen LogP contribution in [0.1, 0.15) is 49.9 Å². The third kappa shape index (κ3) is 2.57. The van der Waals surface area contributed by atoms with Crippen molar-refractivity contribution in [3.63, 3.8) is 0 Å². The van der Waals surface area contributed by atoms with Crippen LogP contribution in [-0.2, 0) is 0 Å². The Hall–Kier alpha value is -0.530. The van der Waals surface area contributed by atoms with E-state index in [1.165, 1.54) is 6.42 Å². The molecule has 2 rings (SSSR count). The van der Waals surface area contributed by atoms with E-state index in [1.54, 1.807) is 18.2 Å². The lowest BCUT2D eigenvalue weighted by Gasteiger charge is -2.37. The SMILES string of the molecule is CC1(C)CCCCC1C(=O)c1cccc(Cl)c1Cl. The fourth-order valence-electron chi connectivity index (χ4n) is 2.86. The summed E-state index contributed by atoms with van der Waals surface area (Å²) in [4.78, 5) is 12.6. The molecule has 0 bridgehead atoms. The van der Waals surface area contributed by atoms with E-state index >= 15 is 0 Å². The smallest absolute Gasteiger partial charge is 0.168 e. The number of hydrogen-bond acceptors (Lipinski definition) is 1. The van der Waals surface area contributed by atoms with Gasteiger partial charge in [-0.05, 0) is 30.4 Å². The minimum Gasteiger partial charge on any atom is -0.294 e. The molecule has 1 aliphatic rings. The zero-order valence-electron chi connectivity index (χ0n) is 10.8. The zero-order valence-corrected chi connectivity index (χ0v) is 12.3. The van der Waals surface area contributed by atoms with Gasteiger partial charge in [0.15, 0.2) is 5.78 Å².